The number of fused-ring (bicyclic) bond motifs is 1. The Kier molecular flexibility index (Phi) is 5.71. The SMILES string of the molecule is Cc1ccc(-c2oc3cc(C)cc(C)c3c(=O)c2OC(=O)c2ccc(C(C)(C)C)cc2)cc1. The van der Waals surface area contributed by atoms with Crippen LogP contribution in [0.25, 0.3) is 22.3 Å². The summed E-state index contributed by atoms with van der Waals surface area (Å²) in [5, 5.41) is 0.419. The number of hydrogen-bond acceptors (Lipinski definition) is 4. The summed E-state index contributed by atoms with van der Waals surface area (Å²) in [5.41, 5.74) is 5.08. The molecule has 3 aromatic carbocycles. The summed E-state index contributed by atoms with van der Waals surface area (Å²) in [6.45, 7) is 12.1. The van der Waals surface area contributed by atoms with Gasteiger partial charge in [0.2, 0.25) is 11.2 Å². The molecule has 4 aromatic rings. The maximum absolute atomic E-state index is 13.5. The van der Waals surface area contributed by atoms with E-state index in [4.69, 9.17) is 9.15 Å². The van der Waals surface area contributed by atoms with Gasteiger partial charge in [0.05, 0.1) is 10.9 Å². The van der Waals surface area contributed by atoms with E-state index in [1.54, 1.807) is 12.1 Å². The fourth-order valence-electron chi connectivity index (χ4n) is 3.92. The van der Waals surface area contributed by atoms with Crippen molar-refractivity contribution in [1.29, 1.82) is 0 Å². The molecule has 0 bridgehead atoms. The van der Waals surface area contributed by atoms with Crippen LogP contribution in [0.1, 0.15) is 53.4 Å². The molecular weight excluding hydrogens is 412 g/mol. The van der Waals surface area contributed by atoms with Crippen molar-refractivity contribution in [1.82, 2.24) is 0 Å². The van der Waals surface area contributed by atoms with E-state index in [-0.39, 0.29) is 22.4 Å². The van der Waals surface area contributed by atoms with E-state index in [9.17, 15) is 9.59 Å². The number of rotatable bonds is 3. The molecule has 0 aliphatic heterocycles. The molecule has 1 heterocycles. The molecule has 4 nitrogen and oxygen atoms in total. The Labute approximate surface area is 193 Å². The summed E-state index contributed by atoms with van der Waals surface area (Å²) in [7, 11) is 0. The second-order valence-electron chi connectivity index (χ2n) is 9.63. The van der Waals surface area contributed by atoms with E-state index in [0.717, 1.165) is 22.3 Å². The van der Waals surface area contributed by atoms with Gasteiger partial charge in [0.1, 0.15) is 5.58 Å². The Morgan fingerprint density at radius 1 is 0.848 bits per heavy atom. The first-order valence-electron chi connectivity index (χ1n) is 11.0. The largest absolute Gasteiger partial charge is 0.452 e. The molecule has 0 radical (unpaired) electrons. The molecule has 0 saturated heterocycles. The van der Waals surface area contributed by atoms with Crippen LogP contribution in [0, 0.1) is 20.8 Å². The van der Waals surface area contributed by atoms with Gasteiger partial charge in [-0.25, -0.2) is 4.79 Å². The van der Waals surface area contributed by atoms with Gasteiger partial charge in [0, 0.05) is 5.56 Å². The van der Waals surface area contributed by atoms with Gasteiger partial charge in [0.15, 0.2) is 5.76 Å². The van der Waals surface area contributed by atoms with Crippen molar-refractivity contribution in [2.24, 2.45) is 0 Å². The van der Waals surface area contributed by atoms with Gasteiger partial charge in [-0.3, -0.25) is 4.79 Å². The summed E-state index contributed by atoms with van der Waals surface area (Å²) in [5.74, 6) is -0.444. The average molecular weight is 441 g/mol. The Morgan fingerprint density at radius 2 is 1.48 bits per heavy atom. The summed E-state index contributed by atoms with van der Waals surface area (Å²) in [6.07, 6.45) is 0. The predicted molar refractivity (Wildman–Crippen MR) is 132 cm³/mol. The number of benzene rings is 3. The third-order valence-corrected chi connectivity index (χ3v) is 5.79. The van der Waals surface area contributed by atoms with Gasteiger partial charge >= 0.3 is 5.97 Å². The minimum Gasteiger partial charge on any atom is -0.452 e. The molecule has 4 heteroatoms. The van der Waals surface area contributed by atoms with Gasteiger partial charge in [0.25, 0.3) is 0 Å². The van der Waals surface area contributed by atoms with Crippen LogP contribution in [-0.4, -0.2) is 5.97 Å². The van der Waals surface area contributed by atoms with Crippen molar-refractivity contribution in [3.63, 3.8) is 0 Å². The minimum atomic E-state index is -0.597. The van der Waals surface area contributed by atoms with Gasteiger partial charge < -0.3 is 9.15 Å². The normalized spacial score (nSPS) is 11.6. The van der Waals surface area contributed by atoms with Crippen molar-refractivity contribution in [2.75, 3.05) is 0 Å². The summed E-state index contributed by atoms with van der Waals surface area (Å²) in [4.78, 5) is 26.6. The fourth-order valence-corrected chi connectivity index (χ4v) is 3.92. The maximum atomic E-state index is 13.5. The molecule has 0 N–H and O–H groups in total. The average Bonchev–Trinajstić information content (AvgIpc) is 2.75. The first-order valence-corrected chi connectivity index (χ1v) is 11.0. The van der Waals surface area contributed by atoms with Crippen LogP contribution in [0.4, 0.5) is 0 Å². The predicted octanol–water partition coefficient (Wildman–Crippen LogP) is 6.90. The van der Waals surface area contributed by atoms with Gasteiger partial charge in [-0.1, -0.05) is 68.8 Å². The van der Waals surface area contributed by atoms with Crippen LogP contribution in [0.2, 0.25) is 0 Å². The second-order valence-corrected chi connectivity index (χ2v) is 9.63. The van der Waals surface area contributed by atoms with Crippen LogP contribution in [0.5, 0.6) is 5.75 Å². The lowest BCUT2D eigenvalue weighted by molar-refractivity contribution is 0.0731. The third kappa shape index (κ3) is 4.47. The maximum Gasteiger partial charge on any atom is 0.343 e. The van der Waals surface area contributed by atoms with Crippen molar-refractivity contribution in [3.8, 4) is 17.1 Å². The molecule has 0 aliphatic rings. The highest BCUT2D eigenvalue weighted by atomic mass is 16.5. The van der Waals surface area contributed by atoms with Crippen molar-refractivity contribution in [2.45, 2.75) is 47.0 Å². The molecule has 0 spiro atoms. The molecule has 0 amide bonds. The third-order valence-electron chi connectivity index (χ3n) is 5.79. The Hall–Kier alpha value is -3.66. The molecule has 0 saturated carbocycles. The molecule has 1 aromatic heterocycles. The lowest BCUT2D eigenvalue weighted by Crippen LogP contribution is -2.17. The molecule has 33 heavy (non-hydrogen) atoms. The first-order chi connectivity index (χ1) is 15.5. The lowest BCUT2D eigenvalue weighted by atomic mass is 9.87. The van der Waals surface area contributed by atoms with E-state index >= 15 is 0 Å². The quantitative estimate of drug-likeness (QED) is 0.325. The molecule has 0 unspecified atom stereocenters. The standard InChI is InChI=1S/C29H28O4/c1-17-7-9-20(10-8-17)26-27(25(30)24-19(3)15-18(2)16-23(24)32-26)33-28(31)21-11-13-22(14-12-21)29(4,5)6/h7-16H,1-6H3. The summed E-state index contributed by atoms with van der Waals surface area (Å²) < 4.78 is 11.9. The fraction of sp³-hybridized carbons (Fsp3) is 0.241. The second kappa shape index (κ2) is 8.36. The topological polar surface area (TPSA) is 56.5 Å². The minimum absolute atomic E-state index is 0.0316. The van der Waals surface area contributed by atoms with E-state index in [1.807, 2.05) is 69.3 Å². The van der Waals surface area contributed by atoms with Crippen LogP contribution >= 0.6 is 0 Å². The van der Waals surface area contributed by atoms with Crippen LogP contribution in [0.3, 0.4) is 0 Å². The number of carbonyl (C=O) groups is 1. The van der Waals surface area contributed by atoms with Crippen molar-refractivity contribution < 1.29 is 13.9 Å². The summed E-state index contributed by atoms with van der Waals surface area (Å²) >= 11 is 0. The molecule has 0 aliphatic carbocycles. The highest BCUT2D eigenvalue weighted by molar-refractivity contribution is 5.93. The van der Waals surface area contributed by atoms with E-state index in [1.165, 1.54) is 0 Å². The highest BCUT2D eigenvalue weighted by Crippen LogP contribution is 2.33. The van der Waals surface area contributed by atoms with E-state index in [2.05, 4.69) is 20.8 Å². The van der Waals surface area contributed by atoms with Crippen LogP contribution in [0.15, 0.2) is 69.9 Å². The van der Waals surface area contributed by atoms with E-state index < -0.39 is 5.97 Å². The highest BCUT2D eigenvalue weighted by Gasteiger charge is 2.23. The first kappa shape index (κ1) is 22.5. The Bertz CT molecular complexity index is 1400. The molecule has 4 rings (SSSR count). The van der Waals surface area contributed by atoms with Gasteiger partial charge in [-0.05, 0) is 61.1 Å². The number of ether oxygens (including phenoxy) is 1. The molecular formula is C29H28O4. The smallest absolute Gasteiger partial charge is 0.343 e. The zero-order valence-electron chi connectivity index (χ0n) is 19.9. The van der Waals surface area contributed by atoms with Gasteiger partial charge in [-0.2, -0.15) is 0 Å². The molecule has 0 fully saturated rings. The zero-order valence-corrected chi connectivity index (χ0v) is 19.9. The lowest BCUT2D eigenvalue weighted by Gasteiger charge is -2.19. The van der Waals surface area contributed by atoms with Crippen LogP contribution < -0.4 is 10.2 Å². The molecule has 0 atom stereocenters. The van der Waals surface area contributed by atoms with Crippen LogP contribution in [-0.2, 0) is 5.41 Å². The van der Waals surface area contributed by atoms with Gasteiger partial charge in [-0.15, -0.1) is 0 Å². The number of esters is 1. The van der Waals surface area contributed by atoms with Crippen molar-refractivity contribution in [3.05, 3.63) is 98.7 Å². The number of aryl methyl sites for hydroxylation is 3. The summed E-state index contributed by atoms with van der Waals surface area (Å²) in [6, 6.07) is 18.6. The Morgan fingerprint density at radius 3 is 2.09 bits per heavy atom. The van der Waals surface area contributed by atoms with Crippen molar-refractivity contribution >= 4 is 16.9 Å². The number of carbonyl (C=O) groups excluding carboxylic acids is 1. The van der Waals surface area contributed by atoms with E-state index in [0.29, 0.717) is 22.1 Å². The Balaban J connectivity index is 1.85. The number of hydrogen-bond donors (Lipinski definition) is 0. The molecule has 168 valence electrons. The zero-order chi connectivity index (χ0) is 23.9. The monoisotopic (exact) mass is 440 g/mol.